The van der Waals surface area contributed by atoms with Crippen molar-refractivity contribution in [2.45, 2.75) is 6.17 Å². The van der Waals surface area contributed by atoms with E-state index < -0.39 is 0 Å². The van der Waals surface area contributed by atoms with Gasteiger partial charge in [0.05, 0.1) is 6.20 Å². The third kappa shape index (κ3) is 1.75. The van der Waals surface area contributed by atoms with Gasteiger partial charge < -0.3 is 0 Å². The van der Waals surface area contributed by atoms with E-state index >= 15 is 0 Å². The summed E-state index contributed by atoms with van der Waals surface area (Å²) in [5.41, 5.74) is 3.74. The third-order valence-corrected chi connectivity index (χ3v) is 4.14. The van der Waals surface area contributed by atoms with Gasteiger partial charge in [0.25, 0.3) is 0 Å². The SMILES string of the molecule is CSC1=NC=C(C#N)C2=N[C@@H](c3cccs3)NN12. The lowest BCUT2D eigenvalue weighted by molar-refractivity contribution is 0.427. The van der Waals surface area contributed by atoms with Gasteiger partial charge in [0.1, 0.15) is 11.6 Å². The van der Waals surface area contributed by atoms with E-state index in [-0.39, 0.29) is 6.17 Å². The van der Waals surface area contributed by atoms with Gasteiger partial charge in [-0.2, -0.15) is 10.7 Å². The zero-order valence-corrected chi connectivity index (χ0v) is 11.1. The predicted molar refractivity (Wildman–Crippen MR) is 74.1 cm³/mol. The van der Waals surface area contributed by atoms with E-state index in [1.807, 2.05) is 23.8 Å². The molecule has 7 heteroatoms. The summed E-state index contributed by atoms with van der Waals surface area (Å²) in [7, 11) is 0. The second-order valence-corrected chi connectivity index (χ2v) is 5.36. The minimum absolute atomic E-state index is 0.132. The number of amidine groups is 2. The van der Waals surface area contributed by atoms with E-state index in [1.54, 1.807) is 22.5 Å². The summed E-state index contributed by atoms with van der Waals surface area (Å²) in [5, 5.41) is 13.7. The Hall–Kier alpha value is -1.62. The highest BCUT2D eigenvalue weighted by Crippen LogP contribution is 2.29. The molecule has 90 valence electrons. The molecule has 0 saturated heterocycles. The van der Waals surface area contributed by atoms with Gasteiger partial charge in [-0.3, -0.25) is 0 Å². The van der Waals surface area contributed by atoms with Crippen molar-refractivity contribution in [2.75, 3.05) is 6.26 Å². The van der Waals surface area contributed by atoms with E-state index in [0.717, 1.165) is 10.0 Å². The Morgan fingerprint density at radius 1 is 1.61 bits per heavy atom. The van der Waals surface area contributed by atoms with Gasteiger partial charge in [-0.1, -0.05) is 17.8 Å². The van der Waals surface area contributed by atoms with Crippen LogP contribution in [0, 0.1) is 11.3 Å². The number of rotatable bonds is 1. The highest BCUT2D eigenvalue weighted by molar-refractivity contribution is 8.13. The zero-order valence-electron chi connectivity index (χ0n) is 9.49. The first kappa shape index (κ1) is 11.5. The van der Waals surface area contributed by atoms with Crippen LogP contribution in [0.1, 0.15) is 11.0 Å². The van der Waals surface area contributed by atoms with Gasteiger partial charge in [-0.25, -0.2) is 15.0 Å². The quantitative estimate of drug-likeness (QED) is 0.852. The molecule has 1 atom stereocenters. The monoisotopic (exact) mass is 275 g/mol. The Balaban J connectivity index is 1.99. The van der Waals surface area contributed by atoms with Crippen LogP contribution in [0.4, 0.5) is 0 Å². The Morgan fingerprint density at radius 3 is 3.17 bits per heavy atom. The maximum absolute atomic E-state index is 9.09. The fourth-order valence-electron chi connectivity index (χ4n) is 1.76. The first-order valence-electron chi connectivity index (χ1n) is 5.23. The molecule has 0 radical (unpaired) electrons. The Bertz CT molecular complexity index is 593. The van der Waals surface area contributed by atoms with Gasteiger partial charge in [-0.05, 0) is 17.7 Å². The molecule has 1 aromatic rings. The highest BCUT2D eigenvalue weighted by Gasteiger charge is 2.33. The van der Waals surface area contributed by atoms with Crippen molar-refractivity contribution < 1.29 is 0 Å². The molecular weight excluding hydrogens is 266 g/mol. The van der Waals surface area contributed by atoms with Crippen molar-refractivity contribution in [3.63, 3.8) is 0 Å². The van der Waals surface area contributed by atoms with Crippen LogP contribution in [0.5, 0.6) is 0 Å². The maximum Gasteiger partial charge on any atom is 0.184 e. The maximum atomic E-state index is 9.09. The lowest BCUT2D eigenvalue weighted by Crippen LogP contribution is -2.43. The number of hydrazine groups is 1. The number of nitrogens with zero attached hydrogens (tertiary/aromatic N) is 4. The van der Waals surface area contributed by atoms with Crippen LogP contribution in [0.25, 0.3) is 0 Å². The molecule has 3 rings (SSSR count). The standard InChI is InChI=1S/C11H9N5S2/c1-17-11-13-6-7(5-12)10-14-9(15-16(10)11)8-3-2-4-18-8/h2-4,6,9,15H,1H3/t9-/m1/s1. The zero-order chi connectivity index (χ0) is 12.5. The van der Waals surface area contributed by atoms with Gasteiger partial charge in [0, 0.05) is 4.88 Å². The molecule has 3 heterocycles. The molecule has 0 amide bonds. The van der Waals surface area contributed by atoms with Gasteiger partial charge in [-0.15, -0.1) is 11.3 Å². The largest absolute Gasteiger partial charge is 0.239 e. The van der Waals surface area contributed by atoms with Gasteiger partial charge in [0.15, 0.2) is 17.2 Å². The number of hydrogen-bond donors (Lipinski definition) is 1. The molecule has 18 heavy (non-hydrogen) atoms. The Kier molecular flexibility index (Phi) is 2.91. The van der Waals surface area contributed by atoms with Crippen molar-refractivity contribution in [3.05, 3.63) is 34.2 Å². The van der Waals surface area contributed by atoms with Crippen molar-refractivity contribution >= 4 is 34.1 Å². The lowest BCUT2D eigenvalue weighted by atomic mass is 10.2. The Morgan fingerprint density at radius 2 is 2.50 bits per heavy atom. The molecule has 5 nitrogen and oxygen atoms in total. The van der Waals surface area contributed by atoms with Crippen molar-refractivity contribution in [1.29, 1.82) is 5.26 Å². The highest BCUT2D eigenvalue weighted by atomic mass is 32.2. The summed E-state index contributed by atoms with van der Waals surface area (Å²) in [6.07, 6.45) is 3.38. The molecule has 1 N–H and O–H groups in total. The first-order chi connectivity index (χ1) is 8.83. The molecule has 0 unspecified atom stereocenters. The van der Waals surface area contributed by atoms with E-state index in [9.17, 15) is 0 Å². The number of hydrogen-bond acceptors (Lipinski definition) is 7. The molecule has 0 spiro atoms. The topological polar surface area (TPSA) is 63.8 Å². The van der Waals surface area contributed by atoms with E-state index in [0.29, 0.717) is 11.4 Å². The fourth-order valence-corrected chi connectivity index (χ4v) is 2.95. The second-order valence-electron chi connectivity index (χ2n) is 3.61. The summed E-state index contributed by atoms with van der Waals surface area (Å²) in [6, 6.07) is 6.14. The molecule has 1 aromatic heterocycles. The van der Waals surface area contributed by atoms with Crippen LogP contribution in [-0.2, 0) is 0 Å². The molecule has 0 aromatic carbocycles. The normalized spacial score (nSPS) is 21.9. The molecule has 2 aliphatic heterocycles. The summed E-state index contributed by atoms with van der Waals surface area (Å²) in [4.78, 5) is 9.92. The number of nitrogens with one attached hydrogen (secondary N) is 1. The second kappa shape index (κ2) is 4.57. The van der Waals surface area contributed by atoms with Crippen molar-refractivity contribution in [1.82, 2.24) is 10.4 Å². The minimum atomic E-state index is -0.132. The van der Waals surface area contributed by atoms with Crippen LogP contribution in [-0.4, -0.2) is 22.3 Å². The lowest BCUT2D eigenvalue weighted by Gasteiger charge is -2.23. The summed E-state index contributed by atoms with van der Waals surface area (Å²) < 4.78 is 0. The molecular formula is C11H9N5S2. The van der Waals surface area contributed by atoms with Gasteiger partial charge >= 0.3 is 0 Å². The van der Waals surface area contributed by atoms with Crippen LogP contribution in [0.15, 0.2) is 39.3 Å². The summed E-state index contributed by atoms with van der Waals surface area (Å²) in [5.74, 6) is 0.648. The number of aliphatic imine (C=N–C) groups is 2. The first-order valence-corrected chi connectivity index (χ1v) is 7.34. The van der Waals surface area contributed by atoms with E-state index in [4.69, 9.17) is 5.26 Å². The van der Waals surface area contributed by atoms with Crippen LogP contribution >= 0.6 is 23.1 Å². The van der Waals surface area contributed by atoms with Crippen molar-refractivity contribution in [3.8, 4) is 6.07 Å². The number of nitriles is 1. The van der Waals surface area contributed by atoms with Crippen LogP contribution in [0.2, 0.25) is 0 Å². The molecule has 0 fully saturated rings. The third-order valence-electron chi connectivity index (χ3n) is 2.57. The number of thiophene rings is 1. The van der Waals surface area contributed by atoms with Crippen molar-refractivity contribution in [2.24, 2.45) is 9.98 Å². The van der Waals surface area contributed by atoms with Gasteiger partial charge in [0.2, 0.25) is 0 Å². The van der Waals surface area contributed by atoms with E-state index in [1.165, 1.54) is 11.8 Å². The average molecular weight is 275 g/mol. The minimum Gasteiger partial charge on any atom is -0.239 e. The van der Waals surface area contributed by atoms with Crippen LogP contribution in [0.3, 0.4) is 0 Å². The molecule has 2 aliphatic rings. The van der Waals surface area contributed by atoms with E-state index in [2.05, 4.69) is 21.5 Å². The molecule has 0 saturated carbocycles. The summed E-state index contributed by atoms with van der Waals surface area (Å²) >= 11 is 3.15. The Labute approximate surface area is 113 Å². The smallest absolute Gasteiger partial charge is 0.184 e. The summed E-state index contributed by atoms with van der Waals surface area (Å²) in [6.45, 7) is 0. The number of fused-ring (bicyclic) bond motifs is 1. The predicted octanol–water partition coefficient (Wildman–Crippen LogP) is 2.11. The fraction of sp³-hybridized carbons (Fsp3) is 0.182. The molecule has 0 aliphatic carbocycles. The number of thioether (sulfide) groups is 1. The van der Waals surface area contributed by atoms with Crippen LogP contribution < -0.4 is 5.43 Å². The molecule has 0 bridgehead atoms. The average Bonchev–Trinajstić information content (AvgIpc) is 3.05.